The number of pyridine rings is 1. The van der Waals surface area contributed by atoms with Crippen LogP contribution in [-0.4, -0.2) is 33.0 Å². The lowest BCUT2D eigenvalue weighted by Crippen LogP contribution is -2.32. The van der Waals surface area contributed by atoms with Gasteiger partial charge >= 0.3 is 11.9 Å². The van der Waals surface area contributed by atoms with E-state index in [2.05, 4.69) is 0 Å². The molecule has 27 heavy (non-hydrogen) atoms. The Kier molecular flexibility index (Phi) is 5.64. The van der Waals surface area contributed by atoms with Crippen molar-refractivity contribution in [1.82, 2.24) is 4.57 Å². The number of benzene rings is 1. The summed E-state index contributed by atoms with van der Waals surface area (Å²) in [4.78, 5) is 47.5. The number of Topliss-reactive ketones (excluding diaryl/α,β-unsaturated/α-hetero) is 1. The lowest BCUT2D eigenvalue weighted by molar-refractivity contribution is -0.155. The number of aromatic carboxylic acids is 1. The summed E-state index contributed by atoms with van der Waals surface area (Å²) in [5.74, 6) is -2.20. The molecule has 7 heteroatoms. The van der Waals surface area contributed by atoms with Gasteiger partial charge in [0.15, 0.2) is 5.78 Å². The van der Waals surface area contributed by atoms with E-state index >= 15 is 0 Å². The second-order valence-electron chi connectivity index (χ2n) is 7.10. The van der Waals surface area contributed by atoms with E-state index in [1.807, 2.05) is 0 Å². The van der Waals surface area contributed by atoms with Gasteiger partial charge in [-0.15, -0.1) is 0 Å². The van der Waals surface area contributed by atoms with E-state index in [-0.39, 0.29) is 5.78 Å². The number of carbonyl (C=O) groups excluding carboxylic acids is 2. The van der Waals surface area contributed by atoms with Crippen molar-refractivity contribution in [3.05, 3.63) is 58.0 Å². The quantitative estimate of drug-likeness (QED) is 0.640. The first-order valence-electron chi connectivity index (χ1n) is 8.29. The molecule has 0 aliphatic rings. The van der Waals surface area contributed by atoms with Crippen LogP contribution in [0.4, 0.5) is 0 Å². The first-order valence-corrected chi connectivity index (χ1v) is 8.29. The number of carbonyl (C=O) groups is 3. The van der Waals surface area contributed by atoms with Crippen molar-refractivity contribution in [3.63, 3.8) is 0 Å². The summed E-state index contributed by atoms with van der Waals surface area (Å²) in [5.41, 5.74) is -0.593. The molecule has 0 amide bonds. The Morgan fingerprint density at radius 3 is 2.33 bits per heavy atom. The van der Waals surface area contributed by atoms with E-state index in [0.29, 0.717) is 16.7 Å². The molecule has 0 unspecified atom stereocenters. The molecule has 2 aromatic rings. The van der Waals surface area contributed by atoms with Gasteiger partial charge in [-0.25, -0.2) is 4.79 Å². The van der Waals surface area contributed by atoms with Crippen LogP contribution in [0.2, 0.25) is 0 Å². The average Bonchev–Trinajstić information content (AvgIpc) is 2.54. The van der Waals surface area contributed by atoms with Crippen LogP contribution in [0.15, 0.2) is 41.3 Å². The van der Waals surface area contributed by atoms with Gasteiger partial charge in [0.1, 0.15) is 17.7 Å². The average molecular weight is 371 g/mol. The Bertz CT molecular complexity index is 965. The number of nitrogens with zero attached hydrogens (tertiary/aromatic N) is 1. The van der Waals surface area contributed by atoms with Crippen LogP contribution in [0.1, 0.15) is 48.4 Å². The van der Waals surface area contributed by atoms with Gasteiger partial charge in [0, 0.05) is 11.8 Å². The highest BCUT2D eigenvalue weighted by Crippen LogP contribution is 2.21. The van der Waals surface area contributed by atoms with Crippen molar-refractivity contribution in [2.45, 2.75) is 39.8 Å². The molecule has 0 saturated carbocycles. The van der Waals surface area contributed by atoms with E-state index in [4.69, 9.17) is 4.74 Å². The van der Waals surface area contributed by atoms with E-state index in [0.717, 1.165) is 4.57 Å². The molecule has 7 nitrogen and oxygen atoms in total. The number of ketones is 1. The minimum absolute atomic E-state index is 0.141. The number of esters is 1. The van der Waals surface area contributed by atoms with Gasteiger partial charge in [0.05, 0.1) is 0 Å². The maximum absolute atomic E-state index is 12.4. The predicted molar refractivity (Wildman–Crippen MR) is 98.9 cm³/mol. The third-order valence-corrected chi connectivity index (χ3v) is 3.64. The van der Waals surface area contributed by atoms with Gasteiger partial charge < -0.3 is 14.4 Å². The van der Waals surface area contributed by atoms with Crippen molar-refractivity contribution in [1.29, 1.82) is 0 Å². The van der Waals surface area contributed by atoms with Gasteiger partial charge in [-0.1, -0.05) is 18.2 Å². The molecule has 142 valence electrons. The summed E-state index contributed by atoms with van der Waals surface area (Å²) in [7, 11) is 0. The molecule has 0 atom stereocenters. The van der Waals surface area contributed by atoms with E-state index in [9.17, 15) is 24.3 Å². The van der Waals surface area contributed by atoms with Crippen LogP contribution in [0.25, 0.3) is 11.1 Å². The molecule has 0 aliphatic carbocycles. The number of ether oxygens (including phenoxy) is 1. The fourth-order valence-corrected chi connectivity index (χ4v) is 2.49. The van der Waals surface area contributed by atoms with Gasteiger partial charge in [-0.05, 0) is 51.0 Å². The van der Waals surface area contributed by atoms with Crippen LogP contribution >= 0.6 is 0 Å². The number of aromatic nitrogens is 1. The fraction of sp³-hybridized carbons (Fsp3) is 0.300. The molecular weight excluding hydrogens is 350 g/mol. The van der Waals surface area contributed by atoms with Crippen LogP contribution in [0.3, 0.4) is 0 Å². The molecular formula is C20H21NO6. The summed E-state index contributed by atoms with van der Waals surface area (Å²) in [6.07, 6.45) is 1.39. The monoisotopic (exact) mass is 371 g/mol. The number of carboxylic acids is 1. The molecule has 0 radical (unpaired) electrons. The first kappa shape index (κ1) is 20.1. The van der Waals surface area contributed by atoms with E-state index in [1.165, 1.54) is 19.2 Å². The van der Waals surface area contributed by atoms with Crippen molar-refractivity contribution < 1.29 is 24.2 Å². The highest BCUT2D eigenvalue weighted by atomic mass is 16.6. The summed E-state index contributed by atoms with van der Waals surface area (Å²) in [6, 6.07) is 7.83. The number of rotatable bonds is 5. The minimum atomic E-state index is -1.40. The molecule has 0 fully saturated rings. The zero-order chi connectivity index (χ0) is 20.4. The van der Waals surface area contributed by atoms with Crippen molar-refractivity contribution in [2.75, 3.05) is 0 Å². The van der Waals surface area contributed by atoms with Gasteiger partial charge in [-0.3, -0.25) is 14.4 Å². The first-order chi connectivity index (χ1) is 12.5. The Morgan fingerprint density at radius 2 is 1.78 bits per heavy atom. The highest BCUT2D eigenvalue weighted by molar-refractivity contribution is 5.95. The molecule has 0 aliphatic heterocycles. The van der Waals surface area contributed by atoms with Crippen molar-refractivity contribution in [2.24, 2.45) is 0 Å². The second kappa shape index (κ2) is 7.57. The van der Waals surface area contributed by atoms with Crippen LogP contribution in [0.5, 0.6) is 0 Å². The smallest absolute Gasteiger partial charge is 0.341 e. The van der Waals surface area contributed by atoms with Crippen LogP contribution in [0, 0.1) is 0 Å². The van der Waals surface area contributed by atoms with Crippen molar-refractivity contribution in [3.8, 4) is 11.1 Å². The standard InChI is InChI=1S/C20H21NO6/c1-12(22)13-6-5-7-14(8-13)15-9-16(19(25)26)18(24)21(10-15)11-17(23)27-20(2,3)4/h5-10H,11H2,1-4H3,(H,25,26). The normalized spacial score (nSPS) is 11.1. The molecule has 2 rings (SSSR count). The molecule has 0 spiro atoms. The molecule has 1 aromatic carbocycles. The minimum Gasteiger partial charge on any atom is -0.477 e. The summed E-state index contributed by atoms with van der Waals surface area (Å²) >= 11 is 0. The van der Waals surface area contributed by atoms with Crippen LogP contribution in [-0.2, 0) is 16.1 Å². The number of hydrogen-bond donors (Lipinski definition) is 1. The maximum Gasteiger partial charge on any atom is 0.341 e. The molecule has 1 aromatic heterocycles. The summed E-state index contributed by atoms with van der Waals surface area (Å²) in [5, 5.41) is 9.34. The number of hydrogen-bond acceptors (Lipinski definition) is 5. The van der Waals surface area contributed by atoms with E-state index < -0.39 is 35.2 Å². The third kappa shape index (κ3) is 5.13. The summed E-state index contributed by atoms with van der Waals surface area (Å²) in [6.45, 7) is 6.09. The summed E-state index contributed by atoms with van der Waals surface area (Å²) < 4.78 is 6.21. The zero-order valence-corrected chi connectivity index (χ0v) is 15.6. The number of carboxylic acid groups (broad SMARTS) is 1. The Balaban J connectivity index is 2.54. The highest BCUT2D eigenvalue weighted by Gasteiger charge is 2.20. The lowest BCUT2D eigenvalue weighted by Gasteiger charge is -2.20. The van der Waals surface area contributed by atoms with E-state index in [1.54, 1.807) is 45.0 Å². The van der Waals surface area contributed by atoms with Gasteiger partial charge in [0.25, 0.3) is 5.56 Å². The molecule has 1 heterocycles. The Labute approximate surface area is 156 Å². The van der Waals surface area contributed by atoms with Crippen molar-refractivity contribution >= 4 is 17.7 Å². The third-order valence-electron chi connectivity index (χ3n) is 3.64. The maximum atomic E-state index is 12.4. The predicted octanol–water partition coefficient (Wildman–Crippen LogP) is 2.76. The SMILES string of the molecule is CC(=O)c1cccc(-c2cc(C(=O)O)c(=O)n(CC(=O)OC(C)(C)C)c2)c1. The molecule has 1 N–H and O–H groups in total. The van der Waals surface area contributed by atoms with Gasteiger partial charge in [-0.2, -0.15) is 0 Å². The molecule has 0 bridgehead atoms. The Morgan fingerprint density at radius 1 is 1.11 bits per heavy atom. The van der Waals surface area contributed by atoms with Gasteiger partial charge in [0.2, 0.25) is 0 Å². The largest absolute Gasteiger partial charge is 0.477 e. The second-order valence-corrected chi connectivity index (χ2v) is 7.10. The topological polar surface area (TPSA) is 103 Å². The zero-order valence-electron chi connectivity index (χ0n) is 15.6. The van der Waals surface area contributed by atoms with Crippen LogP contribution < -0.4 is 5.56 Å². The molecule has 0 saturated heterocycles. The lowest BCUT2D eigenvalue weighted by atomic mass is 10.0. The fourth-order valence-electron chi connectivity index (χ4n) is 2.49. The Hall–Kier alpha value is -3.22.